The van der Waals surface area contributed by atoms with Crippen molar-refractivity contribution in [3.8, 4) is 5.75 Å². The summed E-state index contributed by atoms with van der Waals surface area (Å²) in [5.74, 6) is 0.167. The number of aromatic hydroxyl groups is 1. The van der Waals surface area contributed by atoms with Crippen LogP contribution in [0, 0.1) is 6.92 Å². The van der Waals surface area contributed by atoms with E-state index in [9.17, 15) is 5.11 Å². The molecule has 1 aromatic rings. The first-order valence-electron chi connectivity index (χ1n) is 4.09. The Hall–Kier alpha value is -1.42. The fourth-order valence-electron chi connectivity index (χ4n) is 1.02. The van der Waals surface area contributed by atoms with Crippen molar-refractivity contribution in [1.82, 2.24) is 0 Å². The minimum absolute atomic E-state index is 0.0501. The van der Waals surface area contributed by atoms with Gasteiger partial charge in [0, 0.05) is 29.5 Å². The summed E-state index contributed by atoms with van der Waals surface area (Å²) in [6.07, 6.45) is 0. The second-order valence-corrected chi connectivity index (χ2v) is 2.86. The topological polar surface area (TPSA) is 78.5 Å². The summed E-state index contributed by atoms with van der Waals surface area (Å²) in [6.45, 7) is 2.25. The zero-order valence-corrected chi connectivity index (χ0v) is 7.54. The predicted molar refractivity (Wildman–Crippen MR) is 52.8 cm³/mol. The van der Waals surface area contributed by atoms with E-state index in [2.05, 4.69) is 5.32 Å². The van der Waals surface area contributed by atoms with Gasteiger partial charge in [-0.25, -0.2) is 0 Å². The lowest BCUT2D eigenvalue weighted by Gasteiger charge is -2.08. The first-order valence-corrected chi connectivity index (χ1v) is 4.09. The zero-order chi connectivity index (χ0) is 9.84. The van der Waals surface area contributed by atoms with Crippen molar-refractivity contribution < 1.29 is 10.2 Å². The minimum Gasteiger partial charge on any atom is -0.508 e. The highest BCUT2D eigenvalue weighted by Crippen LogP contribution is 2.26. The highest BCUT2D eigenvalue weighted by molar-refractivity contribution is 5.63. The van der Waals surface area contributed by atoms with Gasteiger partial charge in [0.1, 0.15) is 5.75 Å². The Kier molecular flexibility index (Phi) is 2.97. The standard InChI is InChI=1S/C9H14N2O2/c1-6-8(10)4-7(5-9(6)13)11-2-3-12/h4-5,11-13H,2-3,10H2,1H3. The van der Waals surface area contributed by atoms with Gasteiger partial charge < -0.3 is 21.3 Å². The number of anilines is 2. The molecule has 0 fully saturated rings. The van der Waals surface area contributed by atoms with Gasteiger partial charge >= 0.3 is 0 Å². The summed E-state index contributed by atoms with van der Waals surface area (Å²) in [6, 6.07) is 3.31. The first-order chi connectivity index (χ1) is 6.15. The number of phenolic OH excluding ortho intramolecular Hbond substituents is 1. The van der Waals surface area contributed by atoms with Crippen molar-refractivity contribution in [2.75, 3.05) is 24.2 Å². The molecule has 0 atom stereocenters. The molecule has 72 valence electrons. The molecule has 0 radical (unpaired) electrons. The Labute approximate surface area is 77.0 Å². The Morgan fingerprint density at radius 1 is 1.46 bits per heavy atom. The number of phenols is 1. The normalized spacial score (nSPS) is 10.0. The molecule has 0 unspecified atom stereocenters. The fraction of sp³-hybridized carbons (Fsp3) is 0.333. The SMILES string of the molecule is Cc1c(N)cc(NCCO)cc1O. The van der Waals surface area contributed by atoms with Crippen molar-refractivity contribution in [3.05, 3.63) is 17.7 Å². The third-order valence-corrected chi connectivity index (χ3v) is 1.86. The van der Waals surface area contributed by atoms with Crippen LogP contribution in [0.1, 0.15) is 5.56 Å². The number of rotatable bonds is 3. The van der Waals surface area contributed by atoms with Crippen molar-refractivity contribution in [2.24, 2.45) is 0 Å². The average Bonchev–Trinajstić information content (AvgIpc) is 2.10. The number of aliphatic hydroxyl groups excluding tert-OH is 1. The molecule has 1 aromatic carbocycles. The van der Waals surface area contributed by atoms with Crippen LogP contribution in [0.25, 0.3) is 0 Å². The molecule has 0 spiro atoms. The third kappa shape index (κ3) is 2.26. The third-order valence-electron chi connectivity index (χ3n) is 1.86. The van der Waals surface area contributed by atoms with E-state index in [1.54, 1.807) is 19.1 Å². The van der Waals surface area contributed by atoms with Gasteiger partial charge in [-0.1, -0.05) is 0 Å². The van der Waals surface area contributed by atoms with Crippen LogP contribution in [-0.2, 0) is 0 Å². The molecule has 13 heavy (non-hydrogen) atoms. The summed E-state index contributed by atoms with van der Waals surface area (Å²) in [7, 11) is 0. The van der Waals surface area contributed by atoms with E-state index in [-0.39, 0.29) is 12.4 Å². The van der Waals surface area contributed by atoms with Gasteiger partial charge in [0.25, 0.3) is 0 Å². The van der Waals surface area contributed by atoms with Gasteiger partial charge in [-0.05, 0) is 13.0 Å². The minimum atomic E-state index is 0.0501. The van der Waals surface area contributed by atoms with Crippen LogP contribution < -0.4 is 11.1 Å². The summed E-state index contributed by atoms with van der Waals surface area (Å²) < 4.78 is 0. The van der Waals surface area contributed by atoms with Crippen LogP contribution in [0.3, 0.4) is 0 Å². The molecular weight excluding hydrogens is 168 g/mol. The highest BCUT2D eigenvalue weighted by Gasteiger charge is 2.02. The highest BCUT2D eigenvalue weighted by atomic mass is 16.3. The predicted octanol–water partition coefficient (Wildman–Crippen LogP) is 0.687. The molecule has 4 nitrogen and oxygen atoms in total. The monoisotopic (exact) mass is 182 g/mol. The Morgan fingerprint density at radius 2 is 2.15 bits per heavy atom. The number of aliphatic hydroxyl groups is 1. The van der Waals surface area contributed by atoms with Gasteiger partial charge in [0.05, 0.1) is 6.61 Å². The van der Waals surface area contributed by atoms with Crippen molar-refractivity contribution in [2.45, 2.75) is 6.92 Å². The quantitative estimate of drug-likeness (QED) is 0.518. The van der Waals surface area contributed by atoms with Crippen LogP contribution in [0.5, 0.6) is 5.75 Å². The van der Waals surface area contributed by atoms with E-state index in [4.69, 9.17) is 10.8 Å². The van der Waals surface area contributed by atoms with Crippen LogP contribution in [-0.4, -0.2) is 23.4 Å². The molecule has 0 aliphatic heterocycles. The van der Waals surface area contributed by atoms with Gasteiger partial charge in [-0.2, -0.15) is 0 Å². The van der Waals surface area contributed by atoms with Crippen LogP contribution in [0.2, 0.25) is 0 Å². The maximum Gasteiger partial charge on any atom is 0.122 e. The first kappa shape index (κ1) is 9.67. The lowest BCUT2D eigenvalue weighted by Crippen LogP contribution is -2.05. The number of nitrogens with one attached hydrogen (secondary N) is 1. The maximum absolute atomic E-state index is 9.40. The number of nitrogen functional groups attached to an aromatic ring is 1. The van der Waals surface area contributed by atoms with Crippen LogP contribution >= 0.6 is 0 Å². The number of hydrogen-bond donors (Lipinski definition) is 4. The molecule has 0 bridgehead atoms. The molecule has 0 heterocycles. The zero-order valence-electron chi connectivity index (χ0n) is 7.54. The Morgan fingerprint density at radius 3 is 2.69 bits per heavy atom. The molecule has 0 saturated heterocycles. The molecule has 4 heteroatoms. The van der Waals surface area contributed by atoms with E-state index in [0.717, 1.165) is 5.69 Å². The van der Waals surface area contributed by atoms with E-state index in [0.29, 0.717) is 17.8 Å². The van der Waals surface area contributed by atoms with Crippen molar-refractivity contribution >= 4 is 11.4 Å². The molecule has 0 aliphatic carbocycles. The molecule has 0 aromatic heterocycles. The number of benzene rings is 1. The lowest BCUT2D eigenvalue weighted by atomic mass is 10.1. The molecule has 1 rings (SSSR count). The molecule has 5 N–H and O–H groups in total. The summed E-state index contributed by atoms with van der Waals surface area (Å²) in [4.78, 5) is 0. The van der Waals surface area contributed by atoms with Gasteiger partial charge in [-0.15, -0.1) is 0 Å². The van der Waals surface area contributed by atoms with Gasteiger partial charge in [0.2, 0.25) is 0 Å². The maximum atomic E-state index is 9.40. The van der Waals surface area contributed by atoms with E-state index >= 15 is 0 Å². The summed E-state index contributed by atoms with van der Waals surface area (Å²) >= 11 is 0. The average molecular weight is 182 g/mol. The van der Waals surface area contributed by atoms with Crippen LogP contribution in [0.15, 0.2) is 12.1 Å². The smallest absolute Gasteiger partial charge is 0.122 e. The van der Waals surface area contributed by atoms with Crippen LogP contribution in [0.4, 0.5) is 11.4 Å². The second-order valence-electron chi connectivity index (χ2n) is 2.86. The Bertz CT molecular complexity index is 277. The van der Waals surface area contributed by atoms with E-state index < -0.39 is 0 Å². The summed E-state index contributed by atoms with van der Waals surface area (Å²) in [5.41, 5.74) is 7.57. The van der Waals surface area contributed by atoms with E-state index in [1.165, 1.54) is 0 Å². The van der Waals surface area contributed by atoms with Crippen molar-refractivity contribution in [1.29, 1.82) is 0 Å². The fourth-order valence-corrected chi connectivity index (χ4v) is 1.02. The lowest BCUT2D eigenvalue weighted by molar-refractivity contribution is 0.311. The molecule has 0 amide bonds. The van der Waals surface area contributed by atoms with Gasteiger partial charge in [-0.3, -0.25) is 0 Å². The molecule has 0 aliphatic rings. The number of nitrogens with two attached hydrogens (primary N) is 1. The van der Waals surface area contributed by atoms with E-state index in [1.807, 2.05) is 0 Å². The van der Waals surface area contributed by atoms with Gasteiger partial charge in [0.15, 0.2) is 0 Å². The molecule has 0 saturated carbocycles. The summed E-state index contributed by atoms with van der Waals surface area (Å²) in [5, 5.41) is 20.9. The van der Waals surface area contributed by atoms with Crippen molar-refractivity contribution in [3.63, 3.8) is 0 Å². The molecular formula is C9H14N2O2. The largest absolute Gasteiger partial charge is 0.508 e. The number of hydrogen-bond acceptors (Lipinski definition) is 4. The Balaban J connectivity index is 2.86. The second kappa shape index (κ2) is 4.00.